The van der Waals surface area contributed by atoms with Crippen LogP contribution in [0.15, 0.2) is 42.5 Å². The summed E-state index contributed by atoms with van der Waals surface area (Å²) in [5, 5.41) is 4.33. The first kappa shape index (κ1) is 15.9. The SMILES string of the molecule is CCNC(Cc1cccc(OC)c1)c1cc(C)cc(Cl)c1. The average Bonchev–Trinajstić information content (AvgIpc) is 2.46. The van der Waals surface area contributed by atoms with Crippen LogP contribution in [-0.4, -0.2) is 13.7 Å². The van der Waals surface area contributed by atoms with Gasteiger partial charge in [-0.3, -0.25) is 0 Å². The normalized spacial score (nSPS) is 12.2. The van der Waals surface area contributed by atoms with Crippen molar-refractivity contribution in [2.24, 2.45) is 0 Å². The van der Waals surface area contributed by atoms with Crippen molar-refractivity contribution in [2.45, 2.75) is 26.3 Å². The Balaban J connectivity index is 2.25. The van der Waals surface area contributed by atoms with Gasteiger partial charge in [-0.15, -0.1) is 0 Å². The van der Waals surface area contributed by atoms with Crippen molar-refractivity contribution in [1.29, 1.82) is 0 Å². The second-order valence-electron chi connectivity index (χ2n) is 5.23. The zero-order chi connectivity index (χ0) is 15.2. The van der Waals surface area contributed by atoms with E-state index in [1.54, 1.807) is 7.11 Å². The molecule has 1 unspecified atom stereocenters. The molecule has 0 saturated heterocycles. The number of aryl methyl sites for hydroxylation is 1. The molecule has 0 fully saturated rings. The van der Waals surface area contributed by atoms with E-state index in [0.717, 1.165) is 23.7 Å². The molecule has 2 rings (SSSR count). The minimum Gasteiger partial charge on any atom is -0.497 e. The molecule has 112 valence electrons. The number of hydrogen-bond acceptors (Lipinski definition) is 2. The summed E-state index contributed by atoms with van der Waals surface area (Å²) in [6.07, 6.45) is 0.908. The van der Waals surface area contributed by atoms with Crippen molar-refractivity contribution in [2.75, 3.05) is 13.7 Å². The summed E-state index contributed by atoms with van der Waals surface area (Å²) in [4.78, 5) is 0. The van der Waals surface area contributed by atoms with E-state index in [1.807, 2.05) is 24.3 Å². The molecule has 0 aromatic heterocycles. The highest BCUT2D eigenvalue weighted by Gasteiger charge is 2.12. The van der Waals surface area contributed by atoms with Crippen molar-refractivity contribution in [1.82, 2.24) is 5.32 Å². The Morgan fingerprint density at radius 2 is 2.00 bits per heavy atom. The van der Waals surface area contributed by atoms with Crippen molar-refractivity contribution in [3.05, 3.63) is 64.2 Å². The van der Waals surface area contributed by atoms with Crippen LogP contribution in [0.25, 0.3) is 0 Å². The molecule has 0 spiro atoms. The molecule has 0 aliphatic carbocycles. The second kappa shape index (κ2) is 7.48. The van der Waals surface area contributed by atoms with Gasteiger partial charge in [0.15, 0.2) is 0 Å². The standard InChI is InChI=1S/C18H22ClNO/c1-4-20-18(15-8-13(2)9-16(19)12-15)11-14-6-5-7-17(10-14)21-3/h5-10,12,18,20H,4,11H2,1-3H3. The summed E-state index contributed by atoms with van der Waals surface area (Å²) < 4.78 is 5.30. The van der Waals surface area contributed by atoms with Crippen LogP contribution in [-0.2, 0) is 6.42 Å². The zero-order valence-corrected chi connectivity index (χ0v) is 13.6. The summed E-state index contributed by atoms with van der Waals surface area (Å²) in [5.41, 5.74) is 3.66. The molecule has 0 bridgehead atoms. The van der Waals surface area contributed by atoms with Crippen LogP contribution in [0.5, 0.6) is 5.75 Å². The molecule has 2 aromatic rings. The topological polar surface area (TPSA) is 21.3 Å². The van der Waals surface area contributed by atoms with Gasteiger partial charge in [0.25, 0.3) is 0 Å². The molecule has 0 aliphatic heterocycles. The summed E-state index contributed by atoms with van der Waals surface area (Å²) in [6.45, 7) is 5.11. The molecule has 0 radical (unpaired) electrons. The molecular formula is C18H22ClNO. The summed E-state index contributed by atoms with van der Waals surface area (Å²) in [6, 6.07) is 14.7. The number of hydrogen-bond donors (Lipinski definition) is 1. The Morgan fingerprint density at radius 1 is 1.19 bits per heavy atom. The summed E-state index contributed by atoms with van der Waals surface area (Å²) in [5.74, 6) is 0.894. The fraction of sp³-hybridized carbons (Fsp3) is 0.333. The molecular weight excluding hydrogens is 282 g/mol. The van der Waals surface area contributed by atoms with E-state index in [1.165, 1.54) is 16.7 Å². The third-order valence-electron chi connectivity index (χ3n) is 3.49. The fourth-order valence-corrected chi connectivity index (χ4v) is 2.85. The van der Waals surface area contributed by atoms with E-state index < -0.39 is 0 Å². The largest absolute Gasteiger partial charge is 0.497 e. The number of benzene rings is 2. The van der Waals surface area contributed by atoms with Gasteiger partial charge in [-0.05, 0) is 60.8 Å². The zero-order valence-electron chi connectivity index (χ0n) is 12.8. The molecule has 1 N–H and O–H groups in total. The van der Waals surface area contributed by atoms with E-state index in [9.17, 15) is 0 Å². The lowest BCUT2D eigenvalue weighted by molar-refractivity contribution is 0.414. The number of likely N-dealkylation sites (N-methyl/N-ethyl adjacent to an activating group) is 1. The van der Waals surface area contributed by atoms with Gasteiger partial charge in [-0.25, -0.2) is 0 Å². The maximum atomic E-state index is 6.20. The van der Waals surface area contributed by atoms with Gasteiger partial charge in [-0.2, -0.15) is 0 Å². The van der Waals surface area contributed by atoms with Gasteiger partial charge in [0.2, 0.25) is 0 Å². The van der Waals surface area contributed by atoms with E-state index >= 15 is 0 Å². The van der Waals surface area contributed by atoms with Gasteiger partial charge in [0, 0.05) is 11.1 Å². The van der Waals surface area contributed by atoms with Crippen molar-refractivity contribution in [3.8, 4) is 5.75 Å². The molecule has 3 heteroatoms. The first-order chi connectivity index (χ1) is 10.1. The Morgan fingerprint density at radius 3 is 2.67 bits per heavy atom. The van der Waals surface area contributed by atoms with Crippen molar-refractivity contribution < 1.29 is 4.74 Å². The number of ether oxygens (including phenoxy) is 1. The predicted molar refractivity (Wildman–Crippen MR) is 89.3 cm³/mol. The lowest BCUT2D eigenvalue weighted by Crippen LogP contribution is -2.23. The smallest absolute Gasteiger partial charge is 0.119 e. The quantitative estimate of drug-likeness (QED) is 0.845. The number of rotatable bonds is 6. The average molecular weight is 304 g/mol. The molecule has 2 nitrogen and oxygen atoms in total. The summed E-state index contributed by atoms with van der Waals surface area (Å²) >= 11 is 6.20. The molecule has 1 atom stereocenters. The number of nitrogens with one attached hydrogen (secondary N) is 1. The Hall–Kier alpha value is -1.51. The minimum absolute atomic E-state index is 0.250. The van der Waals surface area contributed by atoms with E-state index in [4.69, 9.17) is 16.3 Å². The second-order valence-corrected chi connectivity index (χ2v) is 5.66. The lowest BCUT2D eigenvalue weighted by atomic mass is 9.97. The van der Waals surface area contributed by atoms with Crippen LogP contribution >= 0.6 is 11.6 Å². The Bertz CT molecular complexity index is 577. The number of methoxy groups -OCH3 is 1. The Kier molecular flexibility index (Phi) is 5.66. The third kappa shape index (κ3) is 4.48. The van der Waals surface area contributed by atoms with E-state index in [-0.39, 0.29) is 6.04 Å². The highest BCUT2D eigenvalue weighted by atomic mass is 35.5. The third-order valence-corrected chi connectivity index (χ3v) is 3.71. The maximum absolute atomic E-state index is 6.20. The highest BCUT2D eigenvalue weighted by molar-refractivity contribution is 6.30. The first-order valence-electron chi connectivity index (χ1n) is 7.25. The van der Waals surface area contributed by atoms with Gasteiger partial charge >= 0.3 is 0 Å². The fourth-order valence-electron chi connectivity index (χ4n) is 2.56. The van der Waals surface area contributed by atoms with Crippen LogP contribution < -0.4 is 10.1 Å². The molecule has 0 amide bonds. The van der Waals surface area contributed by atoms with E-state index in [2.05, 4.69) is 37.4 Å². The molecule has 2 aromatic carbocycles. The van der Waals surface area contributed by atoms with Crippen LogP contribution in [0, 0.1) is 6.92 Å². The van der Waals surface area contributed by atoms with Gasteiger partial charge in [0.1, 0.15) is 5.75 Å². The number of halogens is 1. The summed E-state index contributed by atoms with van der Waals surface area (Å²) in [7, 11) is 1.70. The molecule has 0 aliphatic rings. The maximum Gasteiger partial charge on any atom is 0.119 e. The van der Waals surface area contributed by atoms with Crippen LogP contribution in [0.3, 0.4) is 0 Å². The van der Waals surface area contributed by atoms with Gasteiger partial charge in [0.05, 0.1) is 7.11 Å². The lowest BCUT2D eigenvalue weighted by Gasteiger charge is -2.20. The van der Waals surface area contributed by atoms with E-state index in [0.29, 0.717) is 0 Å². The minimum atomic E-state index is 0.250. The monoisotopic (exact) mass is 303 g/mol. The Labute approximate surface area is 132 Å². The molecule has 0 heterocycles. The molecule has 0 saturated carbocycles. The van der Waals surface area contributed by atoms with Crippen LogP contribution in [0.4, 0.5) is 0 Å². The van der Waals surface area contributed by atoms with Gasteiger partial charge < -0.3 is 10.1 Å². The van der Waals surface area contributed by atoms with Crippen LogP contribution in [0.2, 0.25) is 5.02 Å². The van der Waals surface area contributed by atoms with Crippen LogP contribution in [0.1, 0.15) is 29.7 Å². The van der Waals surface area contributed by atoms with Crippen molar-refractivity contribution >= 4 is 11.6 Å². The highest BCUT2D eigenvalue weighted by Crippen LogP contribution is 2.24. The van der Waals surface area contributed by atoms with Gasteiger partial charge in [-0.1, -0.05) is 36.7 Å². The first-order valence-corrected chi connectivity index (χ1v) is 7.63. The molecule has 21 heavy (non-hydrogen) atoms. The predicted octanol–water partition coefficient (Wildman–Crippen LogP) is 4.55. The van der Waals surface area contributed by atoms with Crippen molar-refractivity contribution in [3.63, 3.8) is 0 Å².